The molecule has 2 aromatic heterocycles. The molecule has 0 fully saturated rings. The average Bonchev–Trinajstić information content (AvgIpc) is 3.13. The Hall–Kier alpha value is -3.29. The van der Waals surface area contributed by atoms with Gasteiger partial charge in [0.15, 0.2) is 11.6 Å². The maximum absolute atomic E-state index is 12.3. The molecular weight excluding hydrogens is 396 g/mol. The number of nitrogens with two attached hydrogens (primary N) is 1. The molecule has 28 heavy (non-hydrogen) atoms. The topological polar surface area (TPSA) is 89.3 Å². The summed E-state index contributed by atoms with van der Waals surface area (Å²) in [5.74, 6) is 1.07. The van der Waals surface area contributed by atoms with Gasteiger partial charge in [0.25, 0.3) is 0 Å². The zero-order valence-corrected chi connectivity index (χ0v) is 16.1. The third kappa shape index (κ3) is 4.16. The summed E-state index contributed by atoms with van der Waals surface area (Å²) in [4.78, 5) is 16.3. The van der Waals surface area contributed by atoms with E-state index in [0.29, 0.717) is 27.9 Å². The number of fused-ring (bicyclic) bond motifs is 1. The van der Waals surface area contributed by atoms with Gasteiger partial charge in [-0.2, -0.15) is 0 Å². The van der Waals surface area contributed by atoms with Crippen LogP contribution in [0.3, 0.4) is 0 Å². The van der Waals surface area contributed by atoms with Crippen LogP contribution in [0, 0.1) is 0 Å². The summed E-state index contributed by atoms with van der Waals surface area (Å²) in [6, 6.07) is 16.0. The third-order valence-corrected chi connectivity index (χ3v) is 4.98. The largest absolute Gasteiger partial charge is 0.453 e. The lowest BCUT2D eigenvalue weighted by Crippen LogP contribution is -2.19. The quantitative estimate of drug-likeness (QED) is 0.386. The number of halogens is 1. The van der Waals surface area contributed by atoms with Crippen molar-refractivity contribution in [2.75, 3.05) is 16.4 Å². The Labute approximate surface area is 169 Å². The highest BCUT2D eigenvalue weighted by Gasteiger charge is 2.08. The molecule has 2 amide bonds. The fraction of sp³-hybridized carbons (Fsp3) is 0. The summed E-state index contributed by atoms with van der Waals surface area (Å²) in [6.07, 6.45) is 1.44. The van der Waals surface area contributed by atoms with E-state index in [4.69, 9.17) is 22.1 Å². The van der Waals surface area contributed by atoms with Gasteiger partial charge in [-0.25, -0.2) is 9.78 Å². The number of ether oxygens (including phenoxy) is 1. The van der Waals surface area contributed by atoms with Gasteiger partial charge in [-0.3, -0.25) is 0 Å². The van der Waals surface area contributed by atoms with Crippen molar-refractivity contribution >= 4 is 56.2 Å². The molecule has 0 saturated heterocycles. The predicted octanol–water partition coefficient (Wildman–Crippen LogP) is 5.97. The SMILES string of the molecule is Nc1ncc(Cl)cc1Oc1cccc(NC(=O)Nc2ccc3sccc3c2)c1. The van der Waals surface area contributed by atoms with Crippen molar-refractivity contribution in [3.8, 4) is 11.5 Å². The van der Waals surface area contributed by atoms with Gasteiger partial charge in [0.1, 0.15) is 5.75 Å². The summed E-state index contributed by atoms with van der Waals surface area (Å²) >= 11 is 7.58. The van der Waals surface area contributed by atoms with Crippen LogP contribution in [0.15, 0.2) is 66.2 Å². The molecule has 140 valence electrons. The number of urea groups is 1. The Bertz CT molecular complexity index is 1160. The molecule has 8 heteroatoms. The Kier molecular flexibility index (Phi) is 5.01. The second-order valence-electron chi connectivity index (χ2n) is 5.92. The zero-order chi connectivity index (χ0) is 19.5. The minimum Gasteiger partial charge on any atom is -0.453 e. The molecule has 0 aliphatic heterocycles. The van der Waals surface area contributed by atoms with Gasteiger partial charge in [0.05, 0.1) is 5.02 Å². The number of carbonyl (C=O) groups is 1. The first-order valence-electron chi connectivity index (χ1n) is 8.31. The molecule has 0 saturated carbocycles. The molecule has 2 aromatic carbocycles. The number of nitrogen functional groups attached to an aromatic ring is 1. The summed E-state index contributed by atoms with van der Waals surface area (Å²) in [6.45, 7) is 0. The molecule has 0 aliphatic rings. The number of benzene rings is 2. The van der Waals surface area contributed by atoms with E-state index < -0.39 is 0 Å². The minimum atomic E-state index is -0.351. The number of thiophene rings is 1. The number of nitrogens with one attached hydrogen (secondary N) is 2. The molecule has 4 N–H and O–H groups in total. The summed E-state index contributed by atoms with van der Waals surface area (Å²) < 4.78 is 6.90. The van der Waals surface area contributed by atoms with Crippen LogP contribution >= 0.6 is 22.9 Å². The van der Waals surface area contributed by atoms with Gasteiger partial charge < -0.3 is 21.1 Å². The number of nitrogens with zero attached hydrogens (tertiary/aromatic N) is 1. The van der Waals surface area contributed by atoms with Gasteiger partial charge in [0.2, 0.25) is 0 Å². The fourth-order valence-electron chi connectivity index (χ4n) is 2.62. The van der Waals surface area contributed by atoms with Crippen molar-refractivity contribution < 1.29 is 9.53 Å². The van der Waals surface area contributed by atoms with Crippen LogP contribution in [0.4, 0.5) is 22.0 Å². The van der Waals surface area contributed by atoms with Crippen molar-refractivity contribution in [1.29, 1.82) is 0 Å². The molecule has 0 radical (unpaired) electrons. The number of hydrogen-bond acceptors (Lipinski definition) is 5. The van der Waals surface area contributed by atoms with E-state index >= 15 is 0 Å². The Balaban J connectivity index is 1.45. The first-order chi connectivity index (χ1) is 13.6. The molecule has 0 bridgehead atoms. The van der Waals surface area contributed by atoms with Gasteiger partial charge in [0, 0.05) is 34.4 Å². The van der Waals surface area contributed by atoms with E-state index in [1.54, 1.807) is 41.7 Å². The molecular formula is C20H15ClN4O2S. The first kappa shape index (κ1) is 18.1. The van der Waals surface area contributed by atoms with Gasteiger partial charge >= 0.3 is 6.03 Å². The molecule has 0 atom stereocenters. The fourth-order valence-corrected chi connectivity index (χ4v) is 3.53. The van der Waals surface area contributed by atoms with Crippen LogP contribution in [-0.4, -0.2) is 11.0 Å². The van der Waals surface area contributed by atoms with Crippen molar-refractivity contribution in [2.45, 2.75) is 0 Å². The van der Waals surface area contributed by atoms with E-state index in [1.165, 1.54) is 10.9 Å². The van der Waals surface area contributed by atoms with Crippen molar-refractivity contribution in [3.63, 3.8) is 0 Å². The highest BCUT2D eigenvalue weighted by atomic mass is 35.5. The van der Waals surface area contributed by atoms with Crippen molar-refractivity contribution in [3.05, 3.63) is 71.2 Å². The van der Waals surface area contributed by atoms with E-state index in [0.717, 1.165) is 5.39 Å². The lowest BCUT2D eigenvalue weighted by molar-refractivity contribution is 0.262. The van der Waals surface area contributed by atoms with Gasteiger partial charge in [-0.05, 0) is 47.2 Å². The third-order valence-electron chi connectivity index (χ3n) is 3.88. The number of anilines is 3. The predicted molar refractivity (Wildman–Crippen MR) is 115 cm³/mol. The number of amides is 2. The van der Waals surface area contributed by atoms with Crippen molar-refractivity contribution in [2.24, 2.45) is 0 Å². The second-order valence-corrected chi connectivity index (χ2v) is 7.30. The standard InChI is InChI=1S/C20H15ClN4O2S/c21-13-9-17(19(22)23-11-13)27-16-3-1-2-14(10-16)24-20(26)25-15-4-5-18-12(8-15)6-7-28-18/h1-11H,(H2,22,23)(H2,24,25,26). The molecule has 4 rings (SSSR count). The van der Waals surface area contributed by atoms with Gasteiger partial charge in [-0.15, -0.1) is 11.3 Å². The van der Waals surface area contributed by atoms with Crippen LogP contribution < -0.4 is 21.1 Å². The maximum Gasteiger partial charge on any atom is 0.323 e. The normalized spacial score (nSPS) is 10.6. The molecule has 0 spiro atoms. The number of aromatic nitrogens is 1. The van der Waals surface area contributed by atoms with Crippen LogP contribution in [0.2, 0.25) is 5.02 Å². The molecule has 4 aromatic rings. The molecule has 6 nitrogen and oxygen atoms in total. The van der Waals surface area contributed by atoms with E-state index in [-0.39, 0.29) is 11.8 Å². The van der Waals surface area contributed by atoms with E-state index in [1.807, 2.05) is 29.6 Å². The summed E-state index contributed by atoms with van der Waals surface area (Å²) in [5, 5.41) is 9.13. The Morgan fingerprint density at radius 3 is 2.75 bits per heavy atom. The summed E-state index contributed by atoms with van der Waals surface area (Å²) in [5.41, 5.74) is 7.09. The first-order valence-corrected chi connectivity index (χ1v) is 9.57. The van der Waals surface area contributed by atoms with Crippen LogP contribution in [-0.2, 0) is 0 Å². The molecule has 0 unspecified atom stereocenters. The lowest BCUT2D eigenvalue weighted by atomic mass is 10.2. The van der Waals surface area contributed by atoms with Crippen LogP contribution in [0.1, 0.15) is 0 Å². The highest BCUT2D eigenvalue weighted by molar-refractivity contribution is 7.17. The highest BCUT2D eigenvalue weighted by Crippen LogP contribution is 2.30. The molecule has 2 heterocycles. The molecule has 0 aliphatic carbocycles. The van der Waals surface area contributed by atoms with E-state index in [9.17, 15) is 4.79 Å². The smallest absolute Gasteiger partial charge is 0.323 e. The second kappa shape index (κ2) is 7.75. The van der Waals surface area contributed by atoms with Crippen LogP contribution in [0.25, 0.3) is 10.1 Å². The Morgan fingerprint density at radius 2 is 1.89 bits per heavy atom. The number of rotatable bonds is 4. The maximum atomic E-state index is 12.3. The number of pyridine rings is 1. The monoisotopic (exact) mass is 410 g/mol. The lowest BCUT2D eigenvalue weighted by Gasteiger charge is -2.11. The zero-order valence-electron chi connectivity index (χ0n) is 14.5. The van der Waals surface area contributed by atoms with E-state index in [2.05, 4.69) is 15.6 Å². The summed E-state index contributed by atoms with van der Waals surface area (Å²) in [7, 11) is 0. The van der Waals surface area contributed by atoms with Gasteiger partial charge in [-0.1, -0.05) is 17.7 Å². The van der Waals surface area contributed by atoms with Crippen molar-refractivity contribution in [1.82, 2.24) is 4.98 Å². The van der Waals surface area contributed by atoms with Crippen LogP contribution in [0.5, 0.6) is 11.5 Å². The number of hydrogen-bond donors (Lipinski definition) is 3. The Morgan fingerprint density at radius 1 is 1.07 bits per heavy atom. The minimum absolute atomic E-state index is 0.226. The average molecular weight is 411 g/mol. The number of carbonyl (C=O) groups excluding carboxylic acids is 1.